The van der Waals surface area contributed by atoms with Crippen molar-refractivity contribution < 1.29 is 14.6 Å². The standard InChI is InChI=1S/C28H42O3/c1-17-8-11-25(4)20(14-17)6-7-22-21(25)10-12-26(5)24-19(3)28(13-9-18(2)16-30-28)31-23(24)15-27(22,26)29/h6,17,19,21-24,29H,2,7-16H2,1,3-5H3/t17?,19-,21?,22?,23?,24?,25-,26+,27?,28?/m0/s1. The molecule has 2 aliphatic heterocycles. The van der Waals surface area contributed by atoms with Crippen molar-refractivity contribution in [2.75, 3.05) is 6.61 Å². The van der Waals surface area contributed by atoms with E-state index in [-0.39, 0.29) is 11.5 Å². The molecule has 0 bridgehead atoms. The second kappa shape index (κ2) is 6.48. The number of rotatable bonds is 0. The van der Waals surface area contributed by atoms with Gasteiger partial charge in [-0.2, -0.15) is 0 Å². The summed E-state index contributed by atoms with van der Waals surface area (Å²) in [6, 6.07) is 0. The SMILES string of the molecule is C=C1CCC2(OC1)OC1CC3(O)C4CC=C5CC(C)CC[C@]5(C)C4CC[C@]3(C)C1[C@@H]2C. The van der Waals surface area contributed by atoms with Crippen LogP contribution >= 0.6 is 0 Å². The van der Waals surface area contributed by atoms with Gasteiger partial charge in [-0.25, -0.2) is 0 Å². The highest BCUT2D eigenvalue weighted by atomic mass is 16.7. The Hall–Kier alpha value is -0.640. The highest BCUT2D eigenvalue weighted by Crippen LogP contribution is 2.72. The van der Waals surface area contributed by atoms with Gasteiger partial charge in [-0.3, -0.25) is 0 Å². The molecule has 2 heterocycles. The van der Waals surface area contributed by atoms with Crippen LogP contribution in [0.25, 0.3) is 0 Å². The summed E-state index contributed by atoms with van der Waals surface area (Å²) in [5.41, 5.74) is 2.49. The molecular weight excluding hydrogens is 384 g/mol. The predicted molar refractivity (Wildman–Crippen MR) is 122 cm³/mol. The first kappa shape index (κ1) is 20.9. The Kier molecular flexibility index (Phi) is 4.38. The Morgan fingerprint density at radius 2 is 1.90 bits per heavy atom. The first-order valence-corrected chi connectivity index (χ1v) is 13.0. The highest BCUT2D eigenvalue weighted by Gasteiger charge is 2.74. The molecule has 7 unspecified atom stereocenters. The Morgan fingerprint density at radius 3 is 2.65 bits per heavy atom. The van der Waals surface area contributed by atoms with Crippen LogP contribution in [0.15, 0.2) is 23.8 Å². The smallest absolute Gasteiger partial charge is 0.172 e. The predicted octanol–water partition coefficient (Wildman–Crippen LogP) is 6.02. The summed E-state index contributed by atoms with van der Waals surface area (Å²) in [6.07, 6.45) is 12.7. The van der Waals surface area contributed by atoms with Gasteiger partial charge in [0.25, 0.3) is 0 Å². The van der Waals surface area contributed by atoms with Gasteiger partial charge in [-0.1, -0.05) is 51.5 Å². The zero-order valence-corrected chi connectivity index (χ0v) is 20.1. The van der Waals surface area contributed by atoms with E-state index >= 15 is 0 Å². The topological polar surface area (TPSA) is 38.7 Å². The minimum absolute atomic E-state index is 0.0801. The normalized spacial score (nSPS) is 58.4. The van der Waals surface area contributed by atoms with Crippen molar-refractivity contribution in [3.63, 3.8) is 0 Å². The minimum Gasteiger partial charge on any atom is -0.389 e. The Labute approximate surface area is 188 Å². The molecule has 6 aliphatic rings. The van der Waals surface area contributed by atoms with Crippen LogP contribution in [0.1, 0.15) is 85.5 Å². The second-order valence-electron chi connectivity index (χ2n) is 12.8. The van der Waals surface area contributed by atoms with Gasteiger partial charge >= 0.3 is 0 Å². The van der Waals surface area contributed by atoms with Crippen LogP contribution in [0.5, 0.6) is 0 Å². The van der Waals surface area contributed by atoms with Gasteiger partial charge < -0.3 is 14.6 Å². The summed E-state index contributed by atoms with van der Waals surface area (Å²) >= 11 is 0. The molecule has 2 saturated heterocycles. The van der Waals surface area contributed by atoms with E-state index in [2.05, 4.69) is 40.3 Å². The van der Waals surface area contributed by atoms with E-state index in [1.165, 1.54) is 31.3 Å². The van der Waals surface area contributed by atoms with Crippen LogP contribution in [-0.2, 0) is 9.47 Å². The number of aliphatic hydroxyl groups is 1. The number of hydrogen-bond donors (Lipinski definition) is 1. The molecule has 1 spiro atoms. The molecule has 1 N–H and O–H groups in total. The van der Waals surface area contributed by atoms with Crippen molar-refractivity contribution in [3.8, 4) is 0 Å². The van der Waals surface area contributed by atoms with Crippen molar-refractivity contribution in [3.05, 3.63) is 23.8 Å². The van der Waals surface area contributed by atoms with E-state index in [4.69, 9.17) is 9.47 Å². The number of hydrogen-bond acceptors (Lipinski definition) is 3. The zero-order valence-electron chi connectivity index (χ0n) is 20.1. The summed E-state index contributed by atoms with van der Waals surface area (Å²) in [5.74, 6) is 2.06. The summed E-state index contributed by atoms with van der Waals surface area (Å²) in [5, 5.41) is 12.5. The summed E-state index contributed by atoms with van der Waals surface area (Å²) < 4.78 is 13.1. The Balaban J connectivity index is 1.33. The molecule has 0 aromatic heterocycles. The fourth-order valence-corrected chi connectivity index (χ4v) is 9.66. The maximum Gasteiger partial charge on any atom is 0.172 e. The van der Waals surface area contributed by atoms with E-state index < -0.39 is 11.4 Å². The van der Waals surface area contributed by atoms with Crippen molar-refractivity contribution in [2.24, 2.45) is 40.4 Å². The molecule has 172 valence electrons. The molecule has 3 nitrogen and oxygen atoms in total. The van der Waals surface area contributed by atoms with Crippen LogP contribution < -0.4 is 0 Å². The maximum absolute atomic E-state index is 12.5. The van der Waals surface area contributed by atoms with Gasteiger partial charge in [0.1, 0.15) is 0 Å². The van der Waals surface area contributed by atoms with Gasteiger partial charge in [0.2, 0.25) is 0 Å². The Morgan fingerprint density at radius 1 is 1.10 bits per heavy atom. The average Bonchev–Trinajstić information content (AvgIpc) is 3.12. The molecule has 0 aromatic carbocycles. The molecule has 0 amide bonds. The van der Waals surface area contributed by atoms with Gasteiger partial charge in [0, 0.05) is 30.1 Å². The van der Waals surface area contributed by atoms with Crippen LogP contribution in [0, 0.1) is 40.4 Å². The molecule has 10 atom stereocenters. The lowest BCUT2D eigenvalue weighted by molar-refractivity contribution is -0.265. The quantitative estimate of drug-likeness (QED) is 0.481. The van der Waals surface area contributed by atoms with Crippen LogP contribution in [-0.4, -0.2) is 29.2 Å². The molecule has 4 aliphatic carbocycles. The third-order valence-electron chi connectivity index (χ3n) is 11.5. The second-order valence-corrected chi connectivity index (χ2v) is 12.8. The fourth-order valence-electron chi connectivity index (χ4n) is 9.66. The van der Waals surface area contributed by atoms with Crippen LogP contribution in [0.3, 0.4) is 0 Å². The van der Waals surface area contributed by atoms with E-state index in [9.17, 15) is 5.11 Å². The van der Waals surface area contributed by atoms with Gasteiger partial charge in [0.15, 0.2) is 5.79 Å². The highest BCUT2D eigenvalue weighted by molar-refractivity contribution is 5.29. The summed E-state index contributed by atoms with van der Waals surface area (Å²) in [4.78, 5) is 0. The van der Waals surface area contributed by atoms with Crippen molar-refractivity contribution in [2.45, 2.75) is 103 Å². The molecule has 0 radical (unpaired) electrons. The third-order valence-corrected chi connectivity index (χ3v) is 11.5. The van der Waals surface area contributed by atoms with Crippen molar-refractivity contribution in [1.29, 1.82) is 0 Å². The van der Waals surface area contributed by atoms with E-state index in [1.54, 1.807) is 5.57 Å². The van der Waals surface area contributed by atoms with E-state index in [1.807, 2.05) is 0 Å². The van der Waals surface area contributed by atoms with E-state index in [0.717, 1.165) is 38.0 Å². The largest absolute Gasteiger partial charge is 0.389 e. The van der Waals surface area contributed by atoms with Crippen molar-refractivity contribution in [1.82, 2.24) is 0 Å². The molecule has 5 fully saturated rings. The summed E-state index contributed by atoms with van der Waals surface area (Å²) in [7, 11) is 0. The molecular formula is C28H42O3. The first-order chi connectivity index (χ1) is 14.6. The Bertz CT molecular complexity index is 820. The lowest BCUT2D eigenvalue weighted by Gasteiger charge is -2.61. The van der Waals surface area contributed by atoms with Gasteiger partial charge in [-0.15, -0.1) is 0 Å². The fraction of sp³-hybridized carbons (Fsp3) is 0.857. The molecule has 3 heteroatoms. The average molecular weight is 427 g/mol. The number of ether oxygens (including phenoxy) is 2. The maximum atomic E-state index is 12.5. The minimum atomic E-state index is -0.618. The van der Waals surface area contributed by atoms with Crippen LogP contribution in [0.4, 0.5) is 0 Å². The van der Waals surface area contributed by atoms with Gasteiger partial charge in [-0.05, 0) is 68.1 Å². The van der Waals surface area contributed by atoms with E-state index in [0.29, 0.717) is 35.7 Å². The molecule has 3 saturated carbocycles. The summed E-state index contributed by atoms with van der Waals surface area (Å²) in [6.45, 7) is 14.4. The van der Waals surface area contributed by atoms with Crippen molar-refractivity contribution >= 4 is 0 Å². The molecule has 31 heavy (non-hydrogen) atoms. The zero-order chi connectivity index (χ0) is 21.8. The molecule has 0 aromatic rings. The first-order valence-electron chi connectivity index (χ1n) is 13.0. The molecule has 6 rings (SSSR count). The third kappa shape index (κ3) is 2.52. The monoisotopic (exact) mass is 426 g/mol. The van der Waals surface area contributed by atoms with Crippen LogP contribution in [0.2, 0.25) is 0 Å². The number of allylic oxidation sites excluding steroid dienone is 2. The lowest BCUT2D eigenvalue weighted by Crippen LogP contribution is -2.61. The lowest BCUT2D eigenvalue weighted by atomic mass is 9.45. The number of fused-ring (bicyclic) bond motifs is 7. The van der Waals surface area contributed by atoms with Gasteiger partial charge in [0.05, 0.1) is 18.3 Å².